The van der Waals surface area contributed by atoms with Crippen LogP contribution >= 0.6 is 23.2 Å². The molecule has 0 spiro atoms. The first kappa shape index (κ1) is 10.1. The lowest BCUT2D eigenvalue weighted by Crippen LogP contribution is -2.14. The Kier molecular flexibility index (Phi) is 2.91. The zero-order valence-corrected chi connectivity index (χ0v) is 8.87. The summed E-state index contributed by atoms with van der Waals surface area (Å²) in [6, 6.07) is 1.47. The third-order valence-electron chi connectivity index (χ3n) is 2.35. The fourth-order valence-electron chi connectivity index (χ4n) is 1.65. The number of nitrogens with zero attached hydrogens (tertiary/aromatic N) is 1. The molecule has 1 unspecified atom stereocenters. The van der Waals surface area contributed by atoms with Crippen molar-refractivity contribution >= 4 is 23.2 Å². The number of halogens is 3. The molecule has 1 N–H and O–H groups in total. The third kappa shape index (κ3) is 1.85. The van der Waals surface area contributed by atoms with Gasteiger partial charge >= 0.3 is 0 Å². The Labute approximate surface area is 91.4 Å². The lowest BCUT2D eigenvalue weighted by molar-refractivity contribution is 0.599. The molecule has 1 aliphatic heterocycles. The van der Waals surface area contributed by atoms with Gasteiger partial charge in [-0.05, 0) is 25.5 Å². The highest BCUT2D eigenvalue weighted by molar-refractivity contribution is 6.33. The molecular weight excluding hydrogens is 226 g/mol. The summed E-state index contributed by atoms with van der Waals surface area (Å²) in [6.07, 6.45) is 2.04. The van der Waals surface area contributed by atoms with Gasteiger partial charge in [0.15, 0.2) is 11.0 Å². The molecule has 1 aromatic heterocycles. The zero-order valence-electron chi connectivity index (χ0n) is 7.36. The van der Waals surface area contributed by atoms with E-state index in [2.05, 4.69) is 10.3 Å². The van der Waals surface area contributed by atoms with Crippen LogP contribution in [0, 0.1) is 5.82 Å². The second kappa shape index (κ2) is 4.01. The molecule has 1 aliphatic rings. The molecule has 2 nitrogen and oxygen atoms in total. The maximum absolute atomic E-state index is 13.1. The predicted octanol–water partition coefficient (Wildman–Crippen LogP) is 2.95. The summed E-state index contributed by atoms with van der Waals surface area (Å²) in [6.45, 7) is 0.936. The van der Waals surface area contributed by atoms with Crippen molar-refractivity contribution in [1.82, 2.24) is 10.3 Å². The van der Waals surface area contributed by atoms with Gasteiger partial charge in [-0.3, -0.25) is 0 Å². The number of hydrogen-bond acceptors (Lipinski definition) is 2. The van der Waals surface area contributed by atoms with Crippen molar-refractivity contribution in [3.8, 4) is 0 Å². The van der Waals surface area contributed by atoms with Crippen LogP contribution in [0.4, 0.5) is 4.39 Å². The van der Waals surface area contributed by atoms with Gasteiger partial charge < -0.3 is 5.32 Å². The van der Waals surface area contributed by atoms with E-state index in [1.54, 1.807) is 0 Å². The SMILES string of the molecule is Fc1cc(C2CCCN2)c(Cl)nc1Cl. The molecule has 0 radical (unpaired) electrons. The van der Waals surface area contributed by atoms with Gasteiger partial charge in [-0.1, -0.05) is 23.2 Å². The molecule has 1 atom stereocenters. The summed E-state index contributed by atoms with van der Waals surface area (Å²) >= 11 is 11.4. The maximum Gasteiger partial charge on any atom is 0.166 e. The van der Waals surface area contributed by atoms with E-state index in [1.807, 2.05) is 0 Å². The summed E-state index contributed by atoms with van der Waals surface area (Å²) < 4.78 is 13.1. The van der Waals surface area contributed by atoms with Crippen LogP contribution < -0.4 is 5.32 Å². The van der Waals surface area contributed by atoms with Crippen LogP contribution in [0.5, 0.6) is 0 Å². The smallest absolute Gasteiger partial charge is 0.166 e. The molecular formula is C9H9Cl2FN2. The first-order chi connectivity index (χ1) is 6.68. The summed E-state index contributed by atoms with van der Waals surface area (Å²) in [5.74, 6) is -0.514. The molecule has 1 fully saturated rings. The van der Waals surface area contributed by atoms with Crippen molar-refractivity contribution in [2.45, 2.75) is 18.9 Å². The lowest BCUT2D eigenvalue weighted by atomic mass is 10.1. The molecule has 76 valence electrons. The monoisotopic (exact) mass is 234 g/mol. The minimum atomic E-state index is -0.514. The zero-order chi connectivity index (χ0) is 10.1. The van der Waals surface area contributed by atoms with Gasteiger partial charge in [-0.2, -0.15) is 0 Å². The van der Waals surface area contributed by atoms with Gasteiger partial charge in [0.2, 0.25) is 0 Å². The molecule has 0 amide bonds. The fraction of sp³-hybridized carbons (Fsp3) is 0.444. The fourth-order valence-corrected chi connectivity index (χ4v) is 2.11. The molecule has 0 bridgehead atoms. The van der Waals surface area contributed by atoms with Crippen molar-refractivity contribution in [3.63, 3.8) is 0 Å². The Morgan fingerprint density at radius 2 is 2.21 bits per heavy atom. The average Bonchev–Trinajstić information content (AvgIpc) is 2.64. The van der Waals surface area contributed by atoms with Crippen LogP contribution in [0.25, 0.3) is 0 Å². The highest BCUT2D eigenvalue weighted by Gasteiger charge is 2.21. The first-order valence-electron chi connectivity index (χ1n) is 4.43. The Morgan fingerprint density at radius 3 is 2.86 bits per heavy atom. The van der Waals surface area contributed by atoms with Gasteiger partial charge in [0.25, 0.3) is 0 Å². The number of pyridine rings is 1. The van der Waals surface area contributed by atoms with E-state index in [1.165, 1.54) is 6.07 Å². The molecule has 1 saturated heterocycles. The molecule has 0 saturated carbocycles. The summed E-state index contributed by atoms with van der Waals surface area (Å²) in [7, 11) is 0. The first-order valence-corrected chi connectivity index (χ1v) is 5.19. The van der Waals surface area contributed by atoms with Gasteiger partial charge in [-0.25, -0.2) is 9.37 Å². The Balaban J connectivity index is 2.37. The van der Waals surface area contributed by atoms with Gasteiger partial charge in [-0.15, -0.1) is 0 Å². The molecule has 0 aromatic carbocycles. The number of rotatable bonds is 1. The lowest BCUT2D eigenvalue weighted by Gasteiger charge is -2.12. The largest absolute Gasteiger partial charge is 0.310 e. The van der Waals surface area contributed by atoms with Crippen LogP contribution in [-0.2, 0) is 0 Å². The number of hydrogen-bond donors (Lipinski definition) is 1. The second-order valence-electron chi connectivity index (χ2n) is 3.29. The van der Waals surface area contributed by atoms with E-state index in [0.29, 0.717) is 5.56 Å². The van der Waals surface area contributed by atoms with E-state index in [0.717, 1.165) is 19.4 Å². The van der Waals surface area contributed by atoms with Gasteiger partial charge in [0, 0.05) is 11.6 Å². The average molecular weight is 235 g/mol. The Hall–Kier alpha value is -0.380. The number of nitrogens with one attached hydrogen (secondary N) is 1. The highest BCUT2D eigenvalue weighted by atomic mass is 35.5. The summed E-state index contributed by atoms with van der Waals surface area (Å²) in [4.78, 5) is 3.73. The normalized spacial score (nSPS) is 21.5. The van der Waals surface area contributed by atoms with Crippen molar-refractivity contribution in [1.29, 1.82) is 0 Å². The minimum Gasteiger partial charge on any atom is -0.310 e. The van der Waals surface area contributed by atoms with Crippen molar-refractivity contribution in [2.24, 2.45) is 0 Å². The maximum atomic E-state index is 13.1. The van der Waals surface area contributed by atoms with Crippen LogP contribution in [0.3, 0.4) is 0 Å². The van der Waals surface area contributed by atoms with Crippen molar-refractivity contribution in [2.75, 3.05) is 6.54 Å². The highest BCUT2D eigenvalue weighted by Crippen LogP contribution is 2.30. The topological polar surface area (TPSA) is 24.9 Å². The number of aromatic nitrogens is 1. The molecule has 2 heterocycles. The Morgan fingerprint density at radius 1 is 1.43 bits per heavy atom. The van der Waals surface area contributed by atoms with E-state index >= 15 is 0 Å². The van der Waals surface area contributed by atoms with Gasteiger partial charge in [0.05, 0.1) is 0 Å². The van der Waals surface area contributed by atoms with Crippen molar-refractivity contribution in [3.05, 3.63) is 27.8 Å². The van der Waals surface area contributed by atoms with E-state index in [9.17, 15) is 4.39 Å². The molecule has 14 heavy (non-hydrogen) atoms. The summed E-state index contributed by atoms with van der Waals surface area (Å²) in [5, 5.41) is 3.34. The quantitative estimate of drug-likeness (QED) is 0.757. The van der Waals surface area contributed by atoms with Gasteiger partial charge in [0.1, 0.15) is 5.15 Å². The van der Waals surface area contributed by atoms with Crippen molar-refractivity contribution < 1.29 is 4.39 Å². The van der Waals surface area contributed by atoms with Crippen LogP contribution in [0.2, 0.25) is 10.3 Å². The molecule has 5 heteroatoms. The molecule has 2 rings (SSSR count). The standard InChI is InChI=1S/C9H9Cl2FN2/c10-8-5(7-2-1-3-13-7)4-6(12)9(11)14-8/h4,7,13H,1-3H2. The van der Waals surface area contributed by atoms with E-state index < -0.39 is 5.82 Å². The van der Waals surface area contributed by atoms with Crippen LogP contribution in [-0.4, -0.2) is 11.5 Å². The van der Waals surface area contributed by atoms with Crippen LogP contribution in [0.15, 0.2) is 6.07 Å². The predicted molar refractivity (Wildman–Crippen MR) is 54.2 cm³/mol. The molecule has 1 aromatic rings. The second-order valence-corrected chi connectivity index (χ2v) is 4.01. The summed E-state index contributed by atoms with van der Waals surface area (Å²) in [5.41, 5.74) is 0.700. The Bertz CT molecular complexity index is 351. The minimum absolute atomic E-state index is 0.113. The van der Waals surface area contributed by atoms with Crippen LogP contribution in [0.1, 0.15) is 24.4 Å². The molecule has 0 aliphatic carbocycles. The van der Waals surface area contributed by atoms with E-state index in [4.69, 9.17) is 23.2 Å². The third-order valence-corrected chi connectivity index (χ3v) is 2.92. The van der Waals surface area contributed by atoms with E-state index in [-0.39, 0.29) is 16.3 Å².